The number of methoxy groups -OCH3 is 4. The smallest absolute Gasteiger partial charge is 0.255 e. The first kappa shape index (κ1) is 75.6. The van der Waals surface area contributed by atoms with E-state index in [1.165, 1.54) is 96.0 Å². The molecule has 0 spiro atoms. The molecule has 24 N–H and O–H groups in total. The third kappa shape index (κ3) is 24.7. The summed E-state index contributed by atoms with van der Waals surface area (Å²) in [6.07, 6.45) is 0.519. The second-order valence-corrected chi connectivity index (χ2v) is 21.8. The number of carbonyl (C=O) groups is 9. The third-order valence-corrected chi connectivity index (χ3v) is 14.7. The van der Waals surface area contributed by atoms with E-state index in [4.69, 9.17) is 76.3 Å². The molecule has 0 radical (unpaired) electrons. The Morgan fingerprint density at radius 1 is 0.436 bits per heavy atom. The Morgan fingerprint density at radius 2 is 0.819 bits per heavy atom. The van der Waals surface area contributed by atoms with E-state index < -0.39 is 89.1 Å². The molecular weight excluding hydrogens is 1220 g/mol. The van der Waals surface area contributed by atoms with Gasteiger partial charge in [-0.1, -0.05) is 12.1 Å². The third-order valence-electron chi connectivity index (χ3n) is 14.7. The van der Waals surface area contributed by atoms with E-state index in [0.717, 1.165) is 0 Å². The number of hydrogen-bond donors (Lipinski definition) is 14. The first-order valence-electron chi connectivity index (χ1n) is 30.0. The number of ether oxygens (including phenoxy) is 4. The van der Waals surface area contributed by atoms with Crippen molar-refractivity contribution < 1.29 is 62.1 Å². The lowest BCUT2D eigenvalue weighted by atomic mass is 9.91. The van der Waals surface area contributed by atoms with Gasteiger partial charge in [0, 0.05) is 75.1 Å². The van der Waals surface area contributed by atoms with Gasteiger partial charge in [0.25, 0.3) is 11.8 Å². The molecule has 0 aliphatic rings. The zero-order valence-corrected chi connectivity index (χ0v) is 53.5. The molecule has 0 saturated heterocycles. The van der Waals surface area contributed by atoms with Gasteiger partial charge in [0.05, 0.1) is 68.8 Å². The summed E-state index contributed by atoms with van der Waals surface area (Å²) in [5.41, 5.74) is 57.0. The lowest BCUT2D eigenvalue weighted by Gasteiger charge is -2.21. The fourth-order valence-corrected chi connectivity index (χ4v) is 9.79. The highest BCUT2D eigenvalue weighted by Crippen LogP contribution is 2.31. The van der Waals surface area contributed by atoms with E-state index in [-0.39, 0.29) is 171 Å². The minimum absolute atomic E-state index is 0.0130. The largest absolute Gasteiger partial charge is 0.496 e. The Morgan fingerprint density at radius 3 is 1.27 bits per heavy atom. The Hall–Kier alpha value is -10.9. The molecular formula is C63H88N18O13. The van der Waals surface area contributed by atoms with E-state index in [2.05, 4.69) is 41.2 Å². The fourth-order valence-electron chi connectivity index (χ4n) is 9.79. The molecule has 0 aliphatic heterocycles. The predicted octanol–water partition coefficient (Wildman–Crippen LogP) is 0.543. The molecule has 508 valence electrons. The van der Waals surface area contributed by atoms with Crippen LogP contribution < -0.4 is 97.6 Å². The number of anilines is 2. The number of amides is 5. The van der Waals surface area contributed by atoms with E-state index in [1.54, 1.807) is 12.1 Å². The van der Waals surface area contributed by atoms with Crippen LogP contribution in [0.3, 0.4) is 0 Å². The molecule has 0 fully saturated rings. The minimum atomic E-state index is -1.14. The summed E-state index contributed by atoms with van der Waals surface area (Å²) >= 11 is 0. The average molecular weight is 1310 g/mol. The summed E-state index contributed by atoms with van der Waals surface area (Å²) in [6, 6.07) is 14.6. The average Bonchev–Trinajstić information content (AvgIpc) is 0.847. The Balaban J connectivity index is 1.55. The summed E-state index contributed by atoms with van der Waals surface area (Å²) in [5, 5.41) is 11.0. The number of aliphatic imine (C=N–C) groups is 4. The molecule has 0 saturated carbocycles. The van der Waals surface area contributed by atoms with Gasteiger partial charge in [0.2, 0.25) is 17.7 Å². The van der Waals surface area contributed by atoms with Crippen LogP contribution in [-0.4, -0.2) is 149 Å². The lowest BCUT2D eigenvalue weighted by Crippen LogP contribution is -2.43. The monoisotopic (exact) mass is 1300 g/mol. The van der Waals surface area contributed by atoms with Crippen LogP contribution in [0.5, 0.6) is 23.0 Å². The number of Topliss-reactive ketones (excluding diaryl/α,β-unsaturated/α-hetero) is 4. The maximum atomic E-state index is 14.5. The van der Waals surface area contributed by atoms with Crippen molar-refractivity contribution >= 4 is 87.9 Å². The van der Waals surface area contributed by atoms with Crippen molar-refractivity contribution in [2.75, 3.05) is 65.3 Å². The number of nitrogens with two attached hydrogens (primary N) is 10. The van der Waals surface area contributed by atoms with Crippen LogP contribution >= 0.6 is 0 Å². The summed E-state index contributed by atoms with van der Waals surface area (Å²) in [4.78, 5) is 140. The normalized spacial score (nSPS) is 12.3. The molecule has 0 bridgehead atoms. The van der Waals surface area contributed by atoms with Crippen LogP contribution in [0.2, 0.25) is 0 Å². The number of primary amides is 1. The molecule has 31 nitrogen and oxygen atoms in total. The fraction of sp³-hybridized carbons (Fsp3) is 0.413. The van der Waals surface area contributed by atoms with Gasteiger partial charge in [-0.3, -0.25) is 63.1 Å². The van der Waals surface area contributed by atoms with Gasteiger partial charge in [-0.15, -0.1) is 0 Å². The minimum Gasteiger partial charge on any atom is -0.496 e. The molecule has 0 unspecified atom stereocenters. The molecule has 0 aliphatic carbocycles. The number of ketones is 4. The van der Waals surface area contributed by atoms with Crippen molar-refractivity contribution in [1.29, 1.82) is 0 Å². The zero-order chi connectivity index (χ0) is 69.6. The van der Waals surface area contributed by atoms with E-state index in [9.17, 15) is 43.2 Å². The molecule has 0 aromatic heterocycles. The van der Waals surface area contributed by atoms with Gasteiger partial charge in [-0.2, -0.15) is 0 Å². The highest BCUT2D eigenvalue weighted by Gasteiger charge is 2.30. The maximum Gasteiger partial charge on any atom is 0.255 e. The van der Waals surface area contributed by atoms with Crippen LogP contribution in [0.1, 0.15) is 124 Å². The van der Waals surface area contributed by atoms with Gasteiger partial charge in [-0.25, -0.2) is 0 Å². The number of hydrogen-bond acceptors (Lipinski definition) is 18. The summed E-state index contributed by atoms with van der Waals surface area (Å²) < 4.78 is 21.8. The van der Waals surface area contributed by atoms with Gasteiger partial charge in [0.15, 0.2) is 47.0 Å². The van der Waals surface area contributed by atoms with Gasteiger partial charge in [-0.05, 0) is 130 Å². The van der Waals surface area contributed by atoms with E-state index >= 15 is 0 Å². The van der Waals surface area contributed by atoms with Crippen molar-refractivity contribution in [3.63, 3.8) is 0 Å². The number of nitrogens with one attached hydrogen (secondary N) is 4. The van der Waals surface area contributed by atoms with Crippen LogP contribution in [0, 0.1) is 11.8 Å². The highest BCUT2D eigenvalue weighted by atomic mass is 16.5. The Bertz CT molecular complexity index is 3470. The second kappa shape index (κ2) is 38.1. The maximum absolute atomic E-state index is 14.5. The van der Waals surface area contributed by atoms with Crippen molar-refractivity contribution in [2.24, 2.45) is 89.1 Å². The standard InChI is InChI=1S/C63H88N18O13/c1-34(47(82)28-36-15-19-54(94-5)44(27-36)58(89)81-46(13-9-25-77-63(72)73)50(85)29-35-14-18-53(93-4)43(26-35)55(65)86)78-56(87)37(10-6-22-74-60(66)67)30-48(83)41-32-39(16-20-51(41)91-2)79-57(88)38(11-7-23-75-61(68)69)31-49(84)42-33-40(17-21-52(42)92-3)80-59(90)45(64)12-8-24-76-62(70)71/h14-21,26-27,32-34,37-38,45-46H,6-13,22-25,28-31,64H2,1-5H3,(H2,65,86)(H,78,87)(H,79,88)(H,80,90)(H,81,89)(H4,66,67,74)(H4,68,69,75)(H4,70,71,76)(H4,72,73,77)/t34-,37-,38-,45+,46+/m0/s1. The van der Waals surface area contributed by atoms with Crippen LogP contribution in [-0.2, 0) is 36.8 Å². The summed E-state index contributed by atoms with van der Waals surface area (Å²) in [6.45, 7) is 2.12. The van der Waals surface area contributed by atoms with Crippen LogP contribution in [0.25, 0.3) is 0 Å². The number of guanidine groups is 4. The van der Waals surface area contributed by atoms with E-state index in [1.807, 2.05) is 0 Å². The molecule has 4 aromatic rings. The molecule has 31 heteroatoms. The Labute approximate surface area is 544 Å². The molecule has 0 heterocycles. The lowest BCUT2D eigenvalue weighted by molar-refractivity contribution is -0.129. The van der Waals surface area contributed by atoms with Crippen molar-refractivity contribution in [1.82, 2.24) is 10.6 Å². The number of benzene rings is 4. The Kier molecular flexibility index (Phi) is 30.7. The topological polar surface area (TPSA) is 548 Å². The first-order valence-corrected chi connectivity index (χ1v) is 30.0. The number of carbonyl (C=O) groups excluding carboxylic acids is 9. The summed E-state index contributed by atoms with van der Waals surface area (Å²) in [5.74, 6) is -7.35. The van der Waals surface area contributed by atoms with Gasteiger partial charge < -0.3 is 97.6 Å². The predicted molar refractivity (Wildman–Crippen MR) is 357 cm³/mol. The number of rotatable bonds is 41. The van der Waals surface area contributed by atoms with Crippen molar-refractivity contribution in [3.8, 4) is 23.0 Å². The van der Waals surface area contributed by atoms with E-state index in [0.29, 0.717) is 17.5 Å². The van der Waals surface area contributed by atoms with Gasteiger partial charge >= 0.3 is 0 Å². The van der Waals surface area contributed by atoms with Crippen LogP contribution in [0.4, 0.5) is 11.4 Å². The first-order chi connectivity index (χ1) is 44.7. The molecule has 94 heavy (non-hydrogen) atoms. The molecule has 5 atom stereocenters. The van der Waals surface area contributed by atoms with Crippen LogP contribution in [0.15, 0.2) is 92.8 Å². The zero-order valence-electron chi connectivity index (χ0n) is 53.5. The molecule has 4 rings (SSSR count). The van der Waals surface area contributed by atoms with Crippen molar-refractivity contribution in [2.45, 2.75) is 102 Å². The second-order valence-electron chi connectivity index (χ2n) is 21.8. The quantitative estimate of drug-likeness (QED) is 0.0125. The molecule has 4 aromatic carbocycles. The van der Waals surface area contributed by atoms with Gasteiger partial charge in [0.1, 0.15) is 23.0 Å². The van der Waals surface area contributed by atoms with Crippen molar-refractivity contribution in [3.05, 3.63) is 106 Å². The highest BCUT2D eigenvalue weighted by molar-refractivity contribution is 6.06. The number of nitrogens with zero attached hydrogens (tertiary/aromatic N) is 4. The summed E-state index contributed by atoms with van der Waals surface area (Å²) in [7, 11) is 5.40. The molecule has 5 amide bonds. The SMILES string of the molecule is COc1ccc(CC(=O)[C@@H](CCCN=C(N)N)NC(=O)c2cc(CC(=O)[C@H](C)NC(=O)[C@@H](CCCN=C(N)N)CC(=O)c3cc(NC(=O)[C@@H](CCCN=C(N)N)CC(=O)c4cc(NC(=O)[C@H](N)CCCN=C(N)N)ccc4OC)ccc3OC)ccc2OC)cc1C(N)=O.